The zero-order valence-electron chi connectivity index (χ0n) is 17.4. The van der Waals surface area contributed by atoms with E-state index in [1.165, 1.54) is 25.1 Å². The lowest BCUT2D eigenvalue weighted by molar-refractivity contribution is -0.117. The third-order valence-corrected chi connectivity index (χ3v) is 6.67. The number of rotatable bonds is 4. The van der Waals surface area contributed by atoms with E-state index in [1.54, 1.807) is 6.20 Å². The molecule has 31 heavy (non-hydrogen) atoms. The summed E-state index contributed by atoms with van der Waals surface area (Å²) in [7, 11) is 0. The number of carbonyl (C=O) groups excluding carboxylic acids is 1. The van der Waals surface area contributed by atoms with Gasteiger partial charge in [-0.25, -0.2) is 4.98 Å². The van der Waals surface area contributed by atoms with E-state index < -0.39 is 0 Å². The van der Waals surface area contributed by atoms with Gasteiger partial charge in [0.1, 0.15) is 11.5 Å². The van der Waals surface area contributed by atoms with Gasteiger partial charge in [-0.2, -0.15) is 0 Å². The number of imidazole rings is 1. The maximum absolute atomic E-state index is 11.6. The van der Waals surface area contributed by atoms with Crippen LogP contribution in [0.25, 0.3) is 33.5 Å². The zero-order chi connectivity index (χ0) is 21.1. The smallest absolute Gasteiger partial charge is 0.221 e. The van der Waals surface area contributed by atoms with Gasteiger partial charge in [0, 0.05) is 34.8 Å². The van der Waals surface area contributed by atoms with Crippen molar-refractivity contribution in [3.63, 3.8) is 0 Å². The first-order valence-electron chi connectivity index (χ1n) is 10.8. The van der Waals surface area contributed by atoms with Crippen molar-refractivity contribution in [1.82, 2.24) is 19.5 Å². The van der Waals surface area contributed by atoms with Crippen molar-refractivity contribution >= 4 is 16.8 Å². The number of hydrogen-bond acceptors (Lipinski definition) is 4. The quantitative estimate of drug-likeness (QED) is 0.544. The fourth-order valence-corrected chi connectivity index (χ4v) is 5.36. The van der Waals surface area contributed by atoms with Crippen LogP contribution >= 0.6 is 0 Å². The first-order chi connectivity index (χ1) is 15.1. The van der Waals surface area contributed by atoms with E-state index in [2.05, 4.69) is 21.7 Å². The Morgan fingerprint density at radius 3 is 2.90 bits per heavy atom. The highest BCUT2D eigenvalue weighted by molar-refractivity contribution is 5.92. The number of nitrogens with two attached hydrogens (primary N) is 1. The molecule has 2 N–H and O–H groups in total. The molecule has 6 rings (SSSR count). The fraction of sp³-hybridized carbons (Fsp3) is 0.280. The number of carbonyl (C=O) groups is 1. The second kappa shape index (κ2) is 6.74. The molecule has 0 unspecified atom stereocenters. The molecular weight excluding hydrogens is 386 g/mol. The molecule has 1 aromatic carbocycles. The van der Waals surface area contributed by atoms with Crippen LogP contribution < -0.4 is 5.73 Å². The van der Waals surface area contributed by atoms with Crippen LogP contribution in [-0.4, -0.2) is 25.4 Å². The summed E-state index contributed by atoms with van der Waals surface area (Å²) >= 11 is 0. The number of aryl methyl sites for hydroxylation is 1. The number of aromatic nitrogens is 4. The molecule has 0 saturated heterocycles. The van der Waals surface area contributed by atoms with Gasteiger partial charge in [-0.15, -0.1) is 0 Å². The van der Waals surface area contributed by atoms with Crippen molar-refractivity contribution in [3.05, 3.63) is 65.7 Å². The lowest BCUT2D eigenvalue weighted by Crippen LogP contribution is -2.14. The van der Waals surface area contributed by atoms with Crippen LogP contribution in [0.1, 0.15) is 48.3 Å². The minimum Gasteiger partial charge on any atom is -0.369 e. The Morgan fingerprint density at radius 1 is 1.16 bits per heavy atom. The van der Waals surface area contributed by atoms with E-state index in [0.29, 0.717) is 12.0 Å². The first kappa shape index (κ1) is 18.2. The molecule has 1 saturated carbocycles. The van der Waals surface area contributed by atoms with Crippen LogP contribution in [0.2, 0.25) is 0 Å². The second-order valence-electron chi connectivity index (χ2n) is 8.71. The van der Waals surface area contributed by atoms with Gasteiger partial charge in [0.25, 0.3) is 0 Å². The fourth-order valence-electron chi connectivity index (χ4n) is 5.36. The Labute approximate surface area is 180 Å². The average molecular weight is 409 g/mol. The molecule has 3 aromatic heterocycles. The SMILES string of the molecule is Cc1cccc(-c2nc3n(c2-c2ccc4nccc(CC(N)=O)c4c2)[C@H]2CC[C@@H]3C2)n1. The van der Waals surface area contributed by atoms with Gasteiger partial charge in [-0.3, -0.25) is 14.8 Å². The van der Waals surface area contributed by atoms with E-state index in [1.807, 2.05) is 37.3 Å². The summed E-state index contributed by atoms with van der Waals surface area (Å²) in [6.07, 6.45) is 5.52. The maximum Gasteiger partial charge on any atom is 0.221 e. The van der Waals surface area contributed by atoms with Crippen molar-refractivity contribution in [1.29, 1.82) is 0 Å². The number of pyridine rings is 2. The predicted octanol–water partition coefficient (Wildman–Crippen LogP) is 4.32. The van der Waals surface area contributed by atoms with E-state index in [9.17, 15) is 4.79 Å². The zero-order valence-corrected chi connectivity index (χ0v) is 17.4. The Morgan fingerprint density at radius 2 is 2.06 bits per heavy atom. The topological polar surface area (TPSA) is 86.7 Å². The molecule has 1 aliphatic heterocycles. The molecule has 1 aliphatic carbocycles. The number of fused-ring (bicyclic) bond motifs is 6. The third kappa shape index (κ3) is 2.86. The molecule has 0 spiro atoms. The number of primary amides is 1. The van der Waals surface area contributed by atoms with Crippen molar-refractivity contribution in [2.75, 3.05) is 0 Å². The largest absolute Gasteiger partial charge is 0.369 e. The summed E-state index contributed by atoms with van der Waals surface area (Å²) < 4.78 is 2.44. The molecule has 1 fully saturated rings. The summed E-state index contributed by atoms with van der Waals surface area (Å²) in [5.74, 6) is 1.38. The van der Waals surface area contributed by atoms with Crippen molar-refractivity contribution in [2.45, 2.75) is 44.6 Å². The van der Waals surface area contributed by atoms with Crippen molar-refractivity contribution in [3.8, 4) is 22.6 Å². The highest BCUT2D eigenvalue weighted by Crippen LogP contribution is 2.52. The van der Waals surface area contributed by atoms with Crippen LogP contribution in [0, 0.1) is 6.92 Å². The Bertz CT molecular complexity index is 1360. The summed E-state index contributed by atoms with van der Waals surface area (Å²) in [6.45, 7) is 2.01. The normalized spacial score (nSPS) is 19.1. The molecule has 154 valence electrons. The monoisotopic (exact) mass is 409 g/mol. The lowest BCUT2D eigenvalue weighted by Gasteiger charge is -2.18. The van der Waals surface area contributed by atoms with Crippen molar-refractivity contribution in [2.24, 2.45) is 5.73 Å². The highest BCUT2D eigenvalue weighted by atomic mass is 16.1. The highest BCUT2D eigenvalue weighted by Gasteiger charge is 2.41. The summed E-state index contributed by atoms with van der Waals surface area (Å²) in [5.41, 5.74) is 12.3. The van der Waals surface area contributed by atoms with E-state index in [-0.39, 0.29) is 12.3 Å². The van der Waals surface area contributed by atoms with Gasteiger partial charge >= 0.3 is 0 Å². The molecule has 6 nitrogen and oxygen atoms in total. The minimum atomic E-state index is -0.342. The molecule has 6 heteroatoms. The number of hydrogen-bond donors (Lipinski definition) is 1. The van der Waals surface area contributed by atoms with Crippen LogP contribution in [0.3, 0.4) is 0 Å². The van der Waals surface area contributed by atoms with Gasteiger partial charge in [-0.1, -0.05) is 12.1 Å². The second-order valence-corrected chi connectivity index (χ2v) is 8.71. The van der Waals surface area contributed by atoms with Crippen LogP contribution in [0.15, 0.2) is 48.7 Å². The molecule has 0 radical (unpaired) electrons. The van der Waals surface area contributed by atoms with E-state index >= 15 is 0 Å². The molecule has 2 bridgehead atoms. The van der Waals surface area contributed by atoms with Gasteiger partial charge in [0.2, 0.25) is 5.91 Å². The summed E-state index contributed by atoms with van der Waals surface area (Å²) in [6, 6.07) is 14.7. The van der Waals surface area contributed by atoms with Crippen LogP contribution in [0.5, 0.6) is 0 Å². The Balaban J connectivity index is 1.60. The standard InChI is InChI=1S/C25H23N5O/c1-14-3-2-4-21(28-14)23-24(30-18-7-5-17(11-18)25(30)29-23)16-6-8-20-19(12-16)15(9-10-27-20)13-22(26)31/h2-4,6,8-10,12,17-18H,5,7,11,13H2,1H3,(H2,26,31)/t17-,18+/m1/s1. The Kier molecular flexibility index (Phi) is 3.96. The maximum atomic E-state index is 11.6. The molecule has 4 aromatic rings. The van der Waals surface area contributed by atoms with Gasteiger partial charge < -0.3 is 10.3 Å². The summed E-state index contributed by atoms with van der Waals surface area (Å²) in [4.78, 5) is 26.0. The molecule has 2 aliphatic rings. The molecule has 2 atom stereocenters. The van der Waals surface area contributed by atoms with E-state index in [4.69, 9.17) is 15.7 Å². The number of benzene rings is 1. The van der Waals surface area contributed by atoms with Gasteiger partial charge in [-0.05, 0) is 62.1 Å². The van der Waals surface area contributed by atoms with Gasteiger partial charge in [0.15, 0.2) is 0 Å². The third-order valence-electron chi connectivity index (χ3n) is 6.67. The summed E-state index contributed by atoms with van der Waals surface area (Å²) in [5, 5.41) is 0.959. The predicted molar refractivity (Wildman–Crippen MR) is 119 cm³/mol. The van der Waals surface area contributed by atoms with Crippen LogP contribution in [0.4, 0.5) is 0 Å². The number of amides is 1. The van der Waals surface area contributed by atoms with Crippen LogP contribution in [-0.2, 0) is 11.2 Å². The minimum absolute atomic E-state index is 0.198. The average Bonchev–Trinajstić information content (AvgIpc) is 3.46. The van der Waals surface area contributed by atoms with E-state index in [0.717, 1.165) is 44.8 Å². The Hall–Kier alpha value is -3.54. The first-order valence-corrected chi connectivity index (χ1v) is 10.8. The molecule has 1 amide bonds. The molecule has 4 heterocycles. The van der Waals surface area contributed by atoms with Crippen molar-refractivity contribution < 1.29 is 4.79 Å². The lowest BCUT2D eigenvalue weighted by atomic mass is 10.00. The van der Waals surface area contributed by atoms with Gasteiger partial charge in [0.05, 0.1) is 23.3 Å². The molecular formula is C25H23N5O. The number of nitrogens with zero attached hydrogens (tertiary/aromatic N) is 4.